The van der Waals surface area contributed by atoms with E-state index < -0.39 is 0 Å². The third kappa shape index (κ3) is 2.92. The highest BCUT2D eigenvalue weighted by Crippen LogP contribution is 2.20. The quantitative estimate of drug-likeness (QED) is 0.654. The zero-order chi connectivity index (χ0) is 12.3. The van der Waals surface area contributed by atoms with Gasteiger partial charge >= 0.3 is 0 Å². The summed E-state index contributed by atoms with van der Waals surface area (Å²) in [5.74, 6) is 0.537. The molecule has 1 aromatic rings. The molecule has 5 nitrogen and oxygen atoms in total. The first-order chi connectivity index (χ1) is 8.20. The van der Waals surface area contributed by atoms with Crippen LogP contribution in [-0.2, 0) is 0 Å². The van der Waals surface area contributed by atoms with Crippen LogP contribution < -0.4 is 5.32 Å². The number of anilines is 1. The molecular weight excluding hydrogens is 240 g/mol. The molecule has 2 heterocycles. The number of piperidine rings is 1. The predicted octanol–water partition coefficient (Wildman–Crippen LogP) is 1.45. The summed E-state index contributed by atoms with van der Waals surface area (Å²) in [5, 5.41) is 3.47. The summed E-state index contributed by atoms with van der Waals surface area (Å²) in [7, 11) is 2.11. The molecule has 1 aliphatic rings. The van der Waals surface area contributed by atoms with Gasteiger partial charge in [-0.1, -0.05) is 11.6 Å². The summed E-state index contributed by atoms with van der Waals surface area (Å²) in [6.07, 6.45) is 4.14. The van der Waals surface area contributed by atoms with Gasteiger partial charge in [-0.2, -0.15) is 0 Å². The van der Waals surface area contributed by atoms with Crippen molar-refractivity contribution in [2.75, 3.05) is 25.5 Å². The number of nitrogens with one attached hydrogen (secondary N) is 1. The third-order valence-corrected chi connectivity index (χ3v) is 3.31. The molecule has 1 aromatic heterocycles. The molecule has 0 spiro atoms. The number of aldehydes is 1. The van der Waals surface area contributed by atoms with Crippen LogP contribution in [0.25, 0.3) is 0 Å². The van der Waals surface area contributed by atoms with Gasteiger partial charge in [0, 0.05) is 6.04 Å². The highest BCUT2D eigenvalue weighted by Gasteiger charge is 2.18. The van der Waals surface area contributed by atoms with E-state index in [-0.39, 0.29) is 5.15 Å². The van der Waals surface area contributed by atoms with Crippen molar-refractivity contribution in [3.8, 4) is 0 Å². The summed E-state index contributed by atoms with van der Waals surface area (Å²) < 4.78 is 0. The van der Waals surface area contributed by atoms with Crippen LogP contribution in [0.2, 0.25) is 5.15 Å². The Morgan fingerprint density at radius 2 is 2.18 bits per heavy atom. The van der Waals surface area contributed by atoms with Crippen molar-refractivity contribution in [1.29, 1.82) is 0 Å². The van der Waals surface area contributed by atoms with Gasteiger partial charge in [0.2, 0.25) is 0 Å². The summed E-state index contributed by atoms with van der Waals surface area (Å²) in [4.78, 5) is 21.1. The minimum absolute atomic E-state index is 0.199. The molecule has 0 amide bonds. The van der Waals surface area contributed by atoms with Crippen LogP contribution >= 0.6 is 11.6 Å². The Hall–Kier alpha value is -1.20. The van der Waals surface area contributed by atoms with Crippen LogP contribution in [0, 0.1) is 0 Å². The average Bonchev–Trinajstić information content (AvgIpc) is 2.32. The maximum absolute atomic E-state index is 10.9. The Balaban J connectivity index is 2.08. The van der Waals surface area contributed by atoms with Crippen LogP contribution in [0.4, 0.5) is 5.82 Å². The van der Waals surface area contributed by atoms with Gasteiger partial charge in [-0.3, -0.25) is 4.79 Å². The second kappa shape index (κ2) is 5.42. The third-order valence-electron chi connectivity index (χ3n) is 3.01. The molecule has 0 bridgehead atoms. The number of likely N-dealkylation sites (tertiary alicyclic amines) is 1. The van der Waals surface area contributed by atoms with Gasteiger partial charge in [-0.25, -0.2) is 9.97 Å². The number of hydrogen-bond donors (Lipinski definition) is 1. The topological polar surface area (TPSA) is 58.1 Å². The van der Waals surface area contributed by atoms with Crippen molar-refractivity contribution in [2.45, 2.75) is 18.9 Å². The van der Waals surface area contributed by atoms with E-state index in [1.54, 1.807) is 0 Å². The van der Waals surface area contributed by atoms with Crippen LogP contribution in [0.3, 0.4) is 0 Å². The summed E-state index contributed by atoms with van der Waals surface area (Å²) in [6.45, 7) is 2.10. The molecule has 1 saturated heterocycles. The lowest BCUT2D eigenvalue weighted by molar-refractivity contribution is 0.112. The normalized spacial score (nSPS) is 18.0. The second-order valence-electron chi connectivity index (χ2n) is 4.27. The van der Waals surface area contributed by atoms with E-state index in [0.29, 0.717) is 23.7 Å². The van der Waals surface area contributed by atoms with Gasteiger partial charge in [-0.05, 0) is 33.0 Å². The minimum atomic E-state index is 0.199. The molecule has 0 unspecified atom stereocenters. The number of rotatable bonds is 3. The van der Waals surface area contributed by atoms with Crippen LogP contribution in [-0.4, -0.2) is 47.3 Å². The molecule has 2 rings (SSSR count). The molecule has 6 heteroatoms. The number of carbonyl (C=O) groups is 1. The Morgan fingerprint density at radius 1 is 1.47 bits per heavy atom. The van der Waals surface area contributed by atoms with Gasteiger partial charge in [-0.15, -0.1) is 0 Å². The molecule has 0 aliphatic carbocycles. The van der Waals surface area contributed by atoms with E-state index >= 15 is 0 Å². The van der Waals surface area contributed by atoms with Gasteiger partial charge in [0.25, 0.3) is 0 Å². The Kier molecular flexibility index (Phi) is 3.91. The van der Waals surface area contributed by atoms with Gasteiger partial charge in [0.15, 0.2) is 6.29 Å². The summed E-state index contributed by atoms with van der Waals surface area (Å²) in [6, 6.07) is 0.343. The Labute approximate surface area is 105 Å². The first-order valence-corrected chi connectivity index (χ1v) is 5.99. The van der Waals surface area contributed by atoms with Gasteiger partial charge in [0.05, 0.1) is 5.56 Å². The van der Waals surface area contributed by atoms with Gasteiger partial charge < -0.3 is 10.2 Å². The Morgan fingerprint density at radius 3 is 2.82 bits per heavy atom. The number of hydrogen-bond acceptors (Lipinski definition) is 5. The number of carbonyl (C=O) groups excluding carboxylic acids is 1. The highest BCUT2D eigenvalue weighted by atomic mass is 35.5. The summed E-state index contributed by atoms with van der Waals surface area (Å²) in [5.41, 5.74) is 0.341. The van der Waals surface area contributed by atoms with E-state index in [1.807, 2.05) is 0 Å². The zero-order valence-electron chi connectivity index (χ0n) is 9.69. The largest absolute Gasteiger partial charge is 0.367 e. The fraction of sp³-hybridized carbons (Fsp3) is 0.545. The lowest BCUT2D eigenvalue weighted by Gasteiger charge is -2.30. The molecule has 0 atom stereocenters. The Bertz CT molecular complexity index is 404. The van der Waals surface area contributed by atoms with Crippen molar-refractivity contribution in [1.82, 2.24) is 14.9 Å². The molecular formula is C11H15ClN4O. The number of halogens is 1. The predicted molar refractivity (Wildman–Crippen MR) is 66.6 cm³/mol. The van der Waals surface area contributed by atoms with Crippen molar-refractivity contribution in [3.63, 3.8) is 0 Å². The van der Waals surface area contributed by atoms with Crippen molar-refractivity contribution in [2.24, 2.45) is 0 Å². The number of nitrogens with zero attached hydrogens (tertiary/aromatic N) is 3. The molecule has 1 fully saturated rings. The van der Waals surface area contributed by atoms with E-state index in [9.17, 15) is 4.79 Å². The monoisotopic (exact) mass is 254 g/mol. The molecule has 17 heavy (non-hydrogen) atoms. The van der Waals surface area contributed by atoms with E-state index in [0.717, 1.165) is 25.9 Å². The maximum atomic E-state index is 10.9. The van der Waals surface area contributed by atoms with Crippen molar-refractivity contribution >= 4 is 23.7 Å². The first kappa shape index (κ1) is 12.3. The lowest BCUT2D eigenvalue weighted by Crippen LogP contribution is -2.37. The molecule has 0 radical (unpaired) electrons. The highest BCUT2D eigenvalue weighted by molar-refractivity contribution is 6.32. The maximum Gasteiger partial charge on any atom is 0.156 e. The van der Waals surface area contributed by atoms with Crippen molar-refractivity contribution < 1.29 is 4.79 Å². The van der Waals surface area contributed by atoms with Crippen LogP contribution in [0.1, 0.15) is 23.2 Å². The van der Waals surface area contributed by atoms with E-state index in [1.165, 1.54) is 6.33 Å². The van der Waals surface area contributed by atoms with Gasteiger partial charge in [0.1, 0.15) is 17.3 Å². The van der Waals surface area contributed by atoms with Crippen LogP contribution in [0.5, 0.6) is 0 Å². The van der Waals surface area contributed by atoms with E-state index in [2.05, 4.69) is 27.2 Å². The van der Waals surface area contributed by atoms with E-state index in [4.69, 9.17) is 11.6 Å². The number of aromatic nitrogens is 2. The minimum Gasteiger partial charge on any atom is -0.367 e. The molecule has 1 N–H and O–H groups in total. The fourth-order valence-corrected chi connectivity index (χ4v) is 2.12. The lowest BCUT2D eigenvalue weighted by atomic mass is 10.1. The van der Waals surface area contributed by atoms with Crippen molar-refractivity contribution in [3.05, 3.63) is 17.0 Å². The standard InChI is InChI=1S/C11H15ClN4O/c1-16-4-2-8(3-5-16)15-11-9(6-17)10(12)13-7-14-11/h6-8H,2-5H2,1H3,(H,13,14,15). The molecule has 0 aromatic carbocycles. The first-order valence-electron chi connectivity index (χ1n) is 5.61. The molecule has 92 valence electrons. The average molecular weight is 255 g/mol. The second-order valence-corrected chi connectivity index (χ2v) is 4.62. The molecule has 0 saturated carbocycles. The fourth-order valence-electron chi connectivity index (χ4n) is 1.94. The van der Waals surface area contributed by atoms with Crippen LogP contribution in [0.15, 0.2) is 6.33 Å². The smallest absolute Gasteiger partial charge is 0.156 e. The zero-order valence-corrected chi connectivity index (χ0v) is 10.4. The summed E-state index contributed by atoms with van der Waals surface area (Å²) >= 11 is 5.84. The molecule has 1 aliphatic heterocycles. The SMILES string of the molecule is CN1CCC(Nc2ncnc(Cl)c2C=O)CC1.